The van der Waals surface area contributed by atoms with E-state index in [9.17, 15) is 0 Å². The normalized spacial score (nSPS) is 16.5. The topological polar surface area (TPSA) is 17.8 Å². The first-order valence-corrected chi connectivity index (χ1v) is 8.33. The van der Waals surface area contributed by atoms with Crippen LogP contribution in [0.15, 0.2) is 34.9 Å². The maximum Gasteiger partial charge on any atom is 0.136 e. The minimum Gasteiger partial charge on any atom is -0.268 e. The maximum absolute atomic E-state index is 4.71. The summed E-state index contributed by atoms with van der Waals surface area (Å²) in [5, 5.41) is 4.71. The second-order valence-electron chi connectivity index (χ2n) is 5.80. The Morgan fingerprint density at radius 3 is 2.55 bits per heavy atom. The third-order valence-corrected chi connectivity index (χ3v) is 4.94. The van der Waals surface area contributed by atoms with Crippen molar-refractivity contribution in [2.75, 3.05) is 0 Å². The van der Waals surface area contributed by atoms with Gasteiger partial charge in [0.15, 0.2) is 0 Å². The van der Waals surface area contributed by atoms with E-state index in [-0.39, 0.29) is 0 Å². The van der Waals surface area contributed by atoms with Gasteiger partial charge < -0.3 is 0 Å². The van der Waals surface area contributed by atoms with E-state index in [2.05, 4.69) is 57.9 Å². The Morgan fingerprint density at radius 2 is 1.85 bits per heavy atom. The van der Waals surface area contributed by atoms with Crippen LogP contribution >= 0.6 is 15.9 Å². The molecule has 0 radical (unpaired) electrons. The van der Waals surface area contributed by atoms with Crippen molar-refractivity contribution in [3.05, 3.63) is 40.6 Å². The van der Waals surface area contributed by atoms with Gasteiger partial charge in [0, 0.05) is 17.8 Å². The summed E-state index contributed by atoms with van der Waals surface area (Å²) in [6, 6.07) is 10.5. The van der Waals surface area contributed by atoms with Gasteiger partial charge in [0.05, 0.1) is 0 Å². The lowest BCUT2D eigenvalue weighted by Crippen LogP contribution is -2.16. The fourth-order valence-electron chi connectivity index (χ4n) is 3.23. The molecule has 2 aromatic rings. The molecule has 3 heteroatoms. The van der Waals surface area contributed by atoms with Crippen molar-refractivity contribution >= 4 is 15.9 Å². The molecule has 1 aromatic heterocycles. The smallest absolute Gasteiger partial charge is 0.136 e. The van der Waals surface area contributed by atoms with Crippen LogP contribution in [-0.2, 0) is 6.54 Å². The first-order chi connectivity index (χ1) is 9.75. The molecule has 0 amide bonds. The van der Waals surface area contributed by atoms with E-state index in [0.29, 0.717) is 0 Å². The van der Waals surface area contributed by atoms with Gasteiger partial charge in [0.2, 0.25) is 0 Å². The largest absolute Gasteiger partial charge is 0.268 e. The van der Waals surface area contributed by atoms with Crippen LogP contribution in [0.3, 0.4) is 0 Å². The van der Waals surface area contributed by atoms with E-state index < -0.39 is 0 Å². The molecule has 1 heterocycles. The van der Waals surface area contributed by atoms with Crippen LogP contribution < -0.4 is 0 Å². The Morgan fingerprint density at radius 1 is 1.15 bits per heavy atom. The number of rotatable bonds is 3. The maximum atomic E-state index is 4.71. The third-order valence-electron chi connectivity index (χ3n) is 4.38. The van der Waals surface area contributed by atoms with Crippen LogP contribution in [0.2, 0.25) is 0 Å². The number of aromatic nitrogens is 2. The van der Waals surface area contributed by atoms with Crippen molar-refractivity contribution in [2.45, 2.75) is 45.6 Å². The molecule has 0 unspecified atom stereocenters. The predicted molar refractivity (Wildman–Crippen MR) is 86.7 cm³/mol. The van der Waals surface area contributed by atoms with Gasteiger partial charge in [-0.15, -0.1) is 0 Å². The van der Waals surface area contributed by atoms with Crippen molar-refractivity contribution in [2.24, 2.45) is 5.92 Å². The highest BCUT2D eigenvalue weighted by Crippen LogP contribution is 2.32. The Labute approximate surface area is 129 Å². The summed E-state index contributed by atoms with van der Waals surface area (Å²) < 4.78 is 3.17. The molecule has 1 aromatic carbocycles. The number of nitrogens with zero attached hydrogens (tertiary/aromatic N) is 2. The average Bonchev–Trinajstić information content (AvgIpc) is 2.75. The van der Waals surface area contributed by atoms with E-state index in [0.717, 1.165) is 17.1 Å². The van der Waals surface area contributed by atoms with Gasteiger partial charge in [0.1, 0.15) is 4.60 Å². The number of hydrogen-bond acceptors (Lipinski definition) is 1. The van der Waals surface area contributed by atoms with Crippen molar-refractivity contribution in [1.82, 2.24) is 9.78 Å². The summed E-state index contributed by atoms with van der Waals surface area (Å²) in [5.74, 6) is 0.804. The second-order valence-corrected chi connectivity index (χ2v) is 6.55. The summed E-state index contributed by atoms with van der Waals surface area (Å²) in [6.07, 6.45) is 6.90. The molecule has 0 N–H and O–H groups in total. The standard InChI is InChI=1S/C17H21BrN2/c1-13-16(15-10-6-3-7-11-15)17(18)19-20(13)12-14-8-4-2-5-9-14/h3,6-7,10-11,14H,2,4-5,8-9,12H2,1H3. The van der Waals surface area contributed by atoms with Gasteiger partial charge in [-0.2, -0.15) is 5.10 Å². The van der Waals surface area contributed by atoms with Gasteiger partial charge in [-0.1, -0.05) is 49.6 Å². The first-order valence-electron chi connectivity index (χ1n) is 7.54. The number of hydrogen-bond donors (Lipinski definition) is 0. The molecular formula is C17H21BrN2. The SMILES string of the molecule is Cc1c(-c2ccccc2)c(Br)nn1CC1CCCCC1. The molecule has 0 spiro atoms. The fraction of sp³-hybridized carbons (Fsp3) is 0.471. The molecule has 1 saturated carbocycles. The number of benzene rings is 1. The Bertz CT molecular complexity index is 568. The highest BCUT2D eigenvalue weighted by atomic mass is 79.9. The van der Waals surface area contributed by atoms with Crippen molar-refractivity contribution in [1.29, 1.82) is 0 Å². The van der Waals surface area contributed by atoms with Gasteiger partial charge in [-0.25, -0.2) is 0 Å². The average molecular weight is 333 g/mol. The Balaban J connectivity index is 1.87. The molecule has 106 valence electrons. The minimum absolute atomic E-state index is 0.804. The monoisotopic (exact) mass is 332 g/mol. The third kappa shape index (κ3) is 2.83. The van der Waals surface area contributed by atoms with Crippen molar-refractivity contribution in [3.8, 4) is 11.1 Å². The summed E-state index contributed by atoms with van der Waals surface area (Å²) in [5.41, 5.74) is 3.75. The van der Waals surface area contributed by atoms with E-state index in [1.165, 1.54) is 48.9 Å². The summed E-state index contributed by atoms with van der Waals surface area (Å²) >= 11 is 3.64. The van der Waals surface area contributed by atoms with Crippen molar-refractivity contribution in [3.63, 3.8) is 0 Å². The quantitative estimate of drug-likeness (QED) is 0.755. The van der Waals surface area contributed by atoms with Crippen LogP contribution in [-0.4, -0.2) is 9.78 Å². The van der Waals surface area contributed by atoms with Crippen molar-refractivity contribution < 1.29 is 0 Å². The lowest BCUT2D eigenvalue weighted by Gasteiger charge is -2.22. The van der Waals surface area contributed by atoms with Crippen LogP contribution in [0.4, 0.5) is 0 Å². The molecule has 0 atom stereocenters. The van der Waals surface area contributed by atoms with Crippen LogP contribution in [0.5, 0.6) is 0 Å². The first kappa shape index (κ1) is 13.9. The van der Waals surface area contributed by atoms with Gasteiger partial charge in [-0.05, 0) is 47.2 Å². The molecule has 1 fully saturated rings. The highest BCUT2D eigenvalue weighted by molar-refractivity contribution is 9.10. The Kier molecular flexibility index (Phi) is 4.25. The van der Waals surface area contributed by atoms with Gasteiger partial charge >= 0.3 is 0 Å². The molecule has 3 rings (SSSR count). The van der Waals surface area contributed by atoms with E-state index in [1.807, 2.05) is 0 Å². The molecule has 20 heavy (non-hydrogen) atoms. The fourth-order valence-corrected chi connectivity index (χ4v) is 3.94. The van der Waals surface area contributed by atoms with Gasteiger partial charge in [0.25, 0.3) is 0 Å². The second kappa shape index (κ2) is 6.13. The zero-order chi connectivity index (χ0) is 13.9. The Hall–Kier alpha value is -1.09. The lowest BCUT2D eigenvalue weighted by atomic mass is 9.89. The summed E-state index contributed by atoms with van der Waals surface area (Å²) in [6.45, 7) is 3.25. The lowest BCUT2D eigenvalue weighted by molar-refractivity contribution is 0.305. The van der Waals surface area contributed by atoms with Crippen LogP contribution in [0, 0.1) is 12.8 Å². The molecule has 1 aliphatic carbocycles. The van der Waals surface area contributed by atoms with E-state index in [4.69, 9.17) is 5.10 Å². The predicted octanol–water partition coefficient (Wildman–Crippen LogP) is 5.20. The summed E-state index contributed by atoms with van der Waals surface area (Å²) in [7, 11) is 0. The molecule has 0 saturated heterocycles. The highest BCUT2D eigenvalue weighted by Gasteiger charge is 2.19. The van der Waals surface area contributed by atoms with Gasteiger partial charge in [-0.3, -0.25) is 4.68 Å². The number of halogens is 1. The molecule has 0 aliphatic heterocycles. The van der Waals surface area contributed by atoms with Crippen LogP contribution in [0.1, 0.15) is 37.8 Å². The zero-order valence-corrected chi connectivity index (χ0v) is 13.6. The minimum atomic E-state index is 0.804. The van der Waals surface area contributed by atoms with Crippen LogP contribution in [0.25, 0.3) is 11.1 Å². The zero-order valence-electron chi connectivity index (χ0n) is 12.0. The molecular weight excluding hydrogens is 312 g/mol. The summed E-state index contributed by atoms with van der Waals surface area (Å²) in [4.78, 5) is 0. The van der Waals surface area contributed by atoms with E-state index in [1.54, 1.807) is 0 Å². The molecule has 2 nitrogen and oxygen atoms in total. The molecule has 0 bridgehead atoms. The molecule has 1 aliphatic rings. The van der Waals surface area contributed by atoms with E-state index >= 15 is 0 Å².